The molecule has 0 aliphatic heterocycles. The molecule has 0 aromatic heterocycles. The molecule has 8 aromatic carbocycles. The average molecular weight is 781 g/mol. The molecule has 0 nitrogen and oxygen atoms in total. The van der Waals surface area contributed by atoms with Gasteiger partial charge in [-0.3, -0.25) is 0 Å². The Bertz CT molecular complexity index is 2050. The van der Waals surface area contributed by atoms with Gasteiger partial charge in [-0.15, -0.1) is 0 Å². The monoisotopic (exact) mass is 780 g/mol. The molecular weight excluding hydrogens is 736 g/mol. The minimum absolute atomic E-state index is 0.295. The summed E-state index contributed by atoms with van der Waals surface area (Å²) in [4.78, 5) is 0. The zero-order chi connectivity index (χ0) is 37.1. The third kappa shape index (κ3) is 8.98. The molecule has 4 heteroatoms. The maximum absolute atomic E-state index is 2.41. The van der Waals surface area contributed by atoms with E-state index in [1.165, 1.54) is 42.4 Å². The zero-order valence-corrected chi connectivity index (χ0v) is 34.3. The Morgan fingerprint density at radius 3 is 0.673 bits per heavy atom. The fourth-order valence-electron chi connectivity index (χ4n) is 7.50. The molecule has 0 fully saturated rings. The van der Waals surface area contributed by atoms with Crippen LogP contribution in [0.2, 0.25) is 0 Å². The van der Waals surface area contributed by atoms with Crippen molar-refractivity contribution in [3.8, 4) is 0 Å². The minimum Gasteiger partial charge on any atom is -0.0622 e. The lowest BCUT2D eigenvalue weighted by molar-refractivity contribution is 1.07. The lowest BCUT2D eigenvalue weighted by Gasteiger charge is -2.45. The molecule has 0 amide bonds. The van der Waals surface area contributed by atoms with Gasteiger partial charge in [0.2, 0.25) is 0 Å². The molecule has 0 spiro atoms. The van der Waals surface area contributed by atoms with Crippen molar-refractivity contribution in [2.24, 2.45) is 0 Å². The Hall–Kier alpha value is -4.52. The van der Waals surface area contributed by atoms with Gasteiger partial charge < -0.3 is 0 Å². The highest BCUT2D eigenvalue weighted by molar-refractivity contribution is 7.91. The summed E-state index contributed by atoms with van der Waals surface area (Å²) in [7, 11) is -3.30. The summed E-state index contributed by atoms with van der Waals surface area (Å²) in [6.45, 7) is 0. The number of hydrogen-bond acceptors (Lipinski definition) is 0. The van der Waals surface area contributed by atoms with Crippen LogP contribution in [-0.4, -0.2) is 17.2 Å². The van der Waals surface area contributed by atoms with E-state index in [0.717, 1.165) is 6.16 Å². The molecule has 0 bridgehead atoms. The summed E-state index contributed by atoms with van der Waals surface area (Å²) >= 11 is 0. The SMILES string of the molecule is c1ccc(P(CC(C(P(c2ccccc2)c2ccccc2)P(c2ccccc2)c2ccccc2)P(c2ccccc2)c2ccccc2)c2ccccc2)cc1. The van der Waals surface area contributed by atoms with Crippen LogP contribution in [0.5, 0.6) is 0 Å². The Kier molecular flexibility index (Phi) is 12.8. The molecule has 0 aliphatic rings. The highest BCUT2D eigenvalue weighted by Crippen LogP contribution is 2.65. The van der Waals surface area contributed by atoms with Crippen LogP contribution in [0.25, 0.3) is 0 Å². The third-order valence-corrected chi connectivity index (χ3v) is 22.7. The lowest BCUT2D eigenvalue weighted by Crippen LogP contribution is -2.40. The predicted molar refractivity (Wildman–Crippen MR) is 249 cm³/mol. The molecule has 1 unspecified atom stereocenters. The summed E-state index contributed by atoms with van der Waals surface area (Å²) in [5.74, 6) is 0. The molecule has 0 saturated carbocycles. The molecule has 1 atom stereocenters. The van der Waals surface area contributed by atoms with Gasteiger partial charge in [0.05, 0.1) is 0 Å². The first-order valence-corrected chi connectivity index (χ1v) is 24.7. The van der Waals surface area contributed by atoms with Gasteiger partial charge in [-0.05, 0) is 80.3 Å². The zero-order valence-electron chi connectivity index (χ0n) is 30.7. The van der Waals surface area contributed by atoms with Gasteiger partial charge >= 0.3 is 0 Å². The summed E-state index contributed by atoms with van der Waals surface area (Å²) in [6.07, 6.45) is 1.07. The van der Waals surface area contributed by atoms with E-state index in [4.69, 9.17) is 0 Å². The highest BCUT2D eigenvalue weighted by Gasteiger charge is 2.44. The van der Waals surface area contributed by atoms with E-state index in [1.54, 1.807) is 0 Å². The summed E-state index contributed by atoms with van der Waals surface area (Å²) in [5.41, 5.74) is 0.310. The number of hydrogen-bond donors (Lipinski definition) is 0. The second-order valence-electron chi connectivity index (χ2n) is 13.4. The normalized spacial score (nSPS) is 12.1. The lowest BCUT2D eigenvalue weighted by atomic mass is 10.4. The van der Waals surface area contributed by atoms with Crippen LogP contribution in [-0.2, 0) is 0 Å². The Morgan fingerprint density at radius 1 is 0.236 bits per heavy atom. The van der Waals surface area contributed by atoms with Crippen molar-refractivity contribution in [1.29, 1.82) is 0 Å². The highest BCUT2D eigenvalue weighted by atomic mass is 31.2. The maximum atomic E-state index is 2.41. The molecule has 0 saturated heterocycles. The van der Waals surface area contributed by atoms with Crippen LogP contribution in [0.3, 0.4) is 0 Å². The average Bonchev–Trinajstić information content (AvgIpc) is 3.28. The quantitative estimate of drug-likeness (QED) is 0.0965. The van der Waals surface area contributed by atoms with Crippen LogP contribution in [0.15, 0.2) is 243 Å². The third-order valence-electron chi connectivity index (χ3n) is 9.92. The van der Waals surface area contributed by atoms with E-state index in [0.29, 0.717) is 11.1 Å². The predicted octanol–water partition coefficient (Wildman–Crippen LogP) is 10.2. The van der Waals surface area contributed by atoms with Crippen molar-refractivity contribution in [3.05, 3.63) is 243 Å². The van der Waals surface area contributed by atoms with Crippen LogP contribution in [0, 0.1) is 0 Å². The van der Waals surface area contributed by atoms with Crippen molar-refractivity contribution in [2.75, 3.05) is 6.16 Å². The van der Waals surface area contributed by atoms with Gasteiger partial charge in [-0.1, -0.05) is 243 Å². The van der Waals surface area contributed by atoms with Gasteiger partial charge in [0.15, 0.2) is 0 Å². The summed E-state index contributed by atoms with van der Waals surface area (Å²) in [6, 6.07) is 91.9. The van der Waals surface area contributed by atoms with E-state index in [1.807, 2.05) is 0 Å². The van der Waals surface area contributed by atoms with Gasteiger partial charge in [-0.2, -0.15) is 0 Å². The summed E-state index contributed by atoms with van der Waals surface area (Å²) in [5, 5.41) is 11.8. The molecule has 0 heterocycles. The van der Waals surface area contributed by atoms with Crippen molar-refractivity contribution < 1.29 is 0 Å². The van der Waals surface area contributed by atoms with Crippen molar-refractivity contribution in [2.45, 2.75) is 11.1 Å². The largest absolute Gasteiger partial charge is 0.0622 e. The van der Waals surface area contributed by atoms with Gasteiger partial charge in [-0.25, -0.2) is 0 Å². The molecule has 0 radical (unpaired) electrons. The van der Waals surface area contributed by atoms with Crippen LogP contribution < -0.4 is 42.4 Å². The van der Waals surface area contributed by atoms with Crippen LogP contribution in [0.1, 0.15) is 0 Å². The number of rotatable bonds is 14. The van der Waals surface area contributed by atoms with E-state index in [9.17, 15) is 0 Å². The van der Waals surface area contributed by atoms with E-state index >= 15 is 0 Å². The standard InChI is InChI=1S/C51H44P4/c1-9-25-42(26-10-1)52(43-27-11-2-12-28-43)41-50(53(44-29-13-3-14-30-44)45-31-15-4-16-32-45)51(54(46-33-17-5-18-34-46)47-35-19-6-20-36-47)55(48-37-21-7-22-38-48)49-39-23-8-24-40-49/h1-40,50-51H,41H2. The molecule has 8 aromatic rings. The molecule has 0 aliphatic carbocycles. The molecule has 8 rings (SSSR count). The van der Waals surface area contributed by atoms with E-state index in [2.05, 4.69) is 243 Å². The van der Waals surface area contributed by atoms with Crippen molar-refractivity contribution >= 4 is 74.1 Å². The topological polar surface area (TPSA) is 0 Å². The maximum Gasteiger partial charge on any atom is 0.0232 e. The Morgan fingerprint density at radius 2 is 0.436 bits per heavy atom. The summed E-state index contributed by atoms with van der Waals surface area (Å²) < 4.78 is 0. The number of benzene rings is 8. The minimum atomic E-state index is -0.866. The first kappa shape index (κ1) is 37.4. The van der Waals surface area contributed by atoms with E-state index in [-0.39, 0.29) is 0 Å². The second kappa shape index (κ2) is 18.9. The van der Waals surface area contributed by atoms with Gasteiger partial charge in [0, 0.05) is 11.1 Å². The Labute approximate surface area is 332 Å². The fraction of sp³-hybridized carbons (Fsp3) is 0.0588. The van der Waals surface area contributed by atoms with Crippen LogP contribution in [0.4, 0.5) is 0 Å². The first-order chi connectivity index (χ1) is 27.3. The fourth-order valence-corrected chi connectivity index (χ4v) is 22.5. The molecule has 55 heavy (non-hydrogen) atoms. The second-order valence-corrected chi connectivity index (χ2v) is 23.1. The Balaban J connectivity index is 1.48. The van der Waals surface area contributed by atoms with E-state index < -0.39 is 31.7 Å². The van der Waals surface area contributed by atoms with Gasteiger partial charge in [0.25, 0.3) is 0 Å². The van der Waals surface area contributed by atoms with Crippen molar-refractivity contribution in [3.63, 3.8) is 0 Å². The van der Waals surface area contributed by atoms with Gasteiger partial charge in [0.1, 0.15) is 0 Å². The molecule has 268 valence electrons. The first-order valence-electron chi connectivity index (χ1n) is 18.9. The molecular formula is C51H44P4. The molecule has 0 N–H and O–H groups in total. The smallest absolute Gasteiger partial charge is 0.0232 e. The van der Waals surface area contributed by atoms with Crippen molar-refractivity contribution in [1.82, 2.24) is 0 Å². The van der Waals surface area contributed by atoms with Crippen LogP contribution >= 0.6 is 31.7 Å².